The summed E-state index contributed by atoms with van der Waals surface area (Å²) in [6.07, 6.45) is 0. The summed E-state index contributed by atoms with van der Waals surface area (Å²) in [4.78, 5) is 0. The van der Waals surface area contributed by atoms with Crippen LogP contribution in [0.3, 0.4) is 0 Å². The fourth-order valence-electron chi connectivity index (χ4n) is 0. The molecule has 0 aromatic carbocycles. The first-order valence-electron chi connectivity index (χ1n) is 0. The van der Waals surface area contributed by atoms with Gasteiger partial charge in [0.1, 0.15) is 0 Å². The van der Waals surface area contributed by atoms with Gasteiger partial charge in [-0.2, -0.15) is 0 Å². The molecule has 0 nitrogen and oxygen atoms in total. The van der Waals surface area contributed by atoms with E-state index in [-0.39, 0.29) is 85.6 Å². The van der Waals surface area contributed by atoms with Crippen molar-refractivity contribution in [3.05, 3.63) is 0 Å². The van der Waals surface area contributed by atoms with Crippen molar-refractivity contribution in [2.75, 3.05) is 0 Å². The second-order valence-electron chi connectivity index (χ2n) is 0. The fraction of sp³-hybridized carbons (Fsp3) is 0. The molecule has 0 fully saturated rings. The minimum atomic E-state index is 0. The van der Waals surface area contributed by atoms with Crippen molar-refractivity contribution < 1.29 is 85.6 Å². The third-order valence-corrected chi connectivity index (χ3v) is 0. The Morgan fingerprint density at radius 2 is 1.00 bits per heavy atom. The summed E-state index contributed by atoms with van der Waals surface area (Å²) < 4.78 is 0. The Bertz CT molecular complexity index is 8.00. The van der Waals surface area contributed by atoms with E-state index in [2.05, 4.69) is 0 Å². The summed E-state index contributed by atoms with van der Waals surface area (Å²) in [5, 5.41) is 0. The predicted octanol–water partition coefficient (Wildman–Crippen LogP) is -0.0100. The zero-order valence-electron chi connectivity index (χ0n) is 1.43. The third kappa shape index (κ3) is 8.84. The molecule has 0 heterocycles. The average molecular weight is 546 g/mol. The van der Waals surface area contributed by atoms with Crippen molar-refractivity contribution in [2.24, 2.45) is 0 Å². The van der Waals surface area contributed by atoms with E-state index in [9.17, 15) is 0 Å². The maximum atomic E-state index is 0. The van der Waals surface area contributed by atoms with Gasteiger partial charge in [-0.15, -0.1) is 0 Å². The van der Waals surface area contributed by atoms with E-state index in [0.29, 0.717) is 0 Å². The van der Waals surface area contributed by atoms with E-state index < -0.39 is 0 Å². The predicted molar refractivity (Wildman–Crippen MR) is 0 cm³/mol. The Morgan fingerprint density at radius 3 is 1.00 bits per heavy atom. The van der Waals surface area contributed by atoms with Gasteiger partial charge in [0.05, 0.1) is 0 Å². The van der Waals surface area contributed by atoms with Crippen molar-refractivity contribution in [3.8, 4) is 0 Å². The molecule has 0 unspecified atom stereocenters. The van der Waals surface area contributed by atoms with Crippen LogP contribution in [0.1, 0.15) is 0 Å². The van der Waals surface area contributed by atoms with Gasteiger partial charge >= 0.3 is 0 Å². The summed E-state index contributed by atoms with van der Waals surface area (Å²) in [7, 11) is 0. The molecule has 0 N–H and O–H groups in total. The molecule has 0 spiro atoms. The summed E-state index contributed by atoms with van der Waals surface area (Å²) in [5.74, 6) is 0. The molecule has 0 bridgehead atoms. The average Bonchev–Trinajstić information content (AvgIpc) is 0. The Kier molecular flexibility index (Phi) is 124. The van der Waals surface area contributed by atoms with Crippen molar-refractivity contribution in [1.29, 1.82) is 0 Å². The zero-order chi connectivity index (χ0) is 0. The van der Waals surface area contributed by atoms with E-state index in [4.69, 9.17) is 0 Å². The van der Waals surface area contributed by atoms with E-state index in [1.54, 1.807) is 0 Å². The molecule has 0 aliphatic heterocycles. The molecule has 4 heteroatoms. The molecule has 1 radical (unpaired) electrons. The summed E-state index contributed by atoms with van der Waals surface area (Å²) in [6.45, 7) is 0. The standard InChI is InChI=1S/Au.Pd.Pt.Ti. The molecule has 0 aromatic heterocycles. The zero-order valence-corrected chi connectivity index (χ0v) is 8.99. The van der Waals surface area contributed by atoms with Crippen LogP contribution in [-0.2, 0) is 85.6 Å². The molecule has 0 aliphatic rings. The Balaban J connectivity index is 0. The van der Waals surface area contributed by atoms with Crippen molar-refractivity contribution >= 4 is 0 Å². The molecule has 0 rings (SSSR count). The van der Waals surface area contributed by atoms with Gasteiger partial charge in [0.2, 0.25) is 0 Å². The molecule has 0 aliphatic carbocycles. The van der Waals surface area contributed by atoms with E-state index in [1.165, 1.54) is 0 Å². The molecule has 35 valence electrons. The van der Waals surface area contributed by atoms with Gasteiger partial charge < -0.3 is 0 Å². The second kappa shape index (κ2) is 17.0. The summed E-state index contributed by atoms with van der Waals surface area (Å²) >= 11 is 0. The van der Waals surface area contributed by atoms with Crippen LogP contribution in [-0.4, -0.2) is 0 Å². The quantitative estimate of drug-likeness (QED) is 0.376. The van der Waals surface area contributed by atoms with Crippen LogP contribution < -0.4 is 0 Å². The van der Waals surface area contributed by atoms with Crippen LogP contribution in [0.15, 0.2) is 0 Å². The Labute approximate surface area is 84.2 Å². The molecule has 0 amide bonds. The minimum absolute atomic E-state index is 0. The van der Waals surface area contributed by atoms with E-state index in [0.717, 1.165) is 0 Å². The molecule has 0 saturated heterocycles. The maximum absolute atomic E-state index is 0. The van der Waals surface area contributed by atoms with Crippen molar-refractivity contribution in [1.82, 2.24) is 0 Å². The largest absolute Gasteiger partial charge is 0 e. The normalized spacial score (nSPS) is 0. The van der Waals surface area contributed by atoms with Gasteiger partial charge in [-0.25, -0.2) is 0 Å². The first kappa shape index (κ1) is 29.1. The summed E-state index contributed by atoms with van der Waals surface area (Å²) in [6, 6.07) is 0. The smallest absolute Gasteiger partial charge is 0 e. The Hall–Kier alpha value is 2.81. The minimum Gasteiger partial charge on any atom is 0 e. The van der Waals surface area contributed by atoms with Crippen molar-refractivity contribution in [3.63, 3.8) is 0 Å². The van der Waals surface area contributed by atoms with Gasteiger partial charge in [-0.3, -0.25) is 0 Å². The SMILES string of the molecule is [Au].[Pd].[Pt].[Ti]. The van der Waals surface area contributed by atoms with Gasteiger partial charge in [0, 0.05) is 85.6 Å². The van der Waals surface area contributed by atoms with Gasteiger partial charge in [-0.1, -0.05) is 0 Å². The second-order valence-corrected chi connectivity index (χ2v) is 0. The number of hydrogen-bond donors (Lipinski definition) is 0. The topological polar surface area (TPSA) is 0 Å². The van der Waals surface area contributed by atoms with Crippen LogP contribution in [0.5, 0.6) is 0 Å². The van der Waals surface area contributed by atoms with Crippen LogP contribution in [0, 0.1) is 0 Å². The molecule has 0 aromatic rings. The van der Waals surface area contributed by atoms with E-state index in [1.807, 2.05) is 0 Å². The van der Waals surface area contributed by atoms with E-state index >= 15 is 0 Å². The molecule has 0 saturated carbocycles. The fourth-order valence-corrected chi connectivity index (χ4v) is 0. The first-order chi connectivity index (χ1) is 0. The summed E-state index contributed by atoms with van der Waals surface area (Å²) in [5.41, 5.74) is 0. The van der Waals surface area contributed by atoms with Gasteiger partial charge in [0.25, 0.3) is 0 Å². The van der Waals surface area contributed by atoms with Gasteiger partial charge in [-0.05, 0) is 0 Å². The monoisotopic (exact) mass is 546 g/mol. The van der Waals surface area contributed by atoms with Gasteiger partial charge in [0.15, 0.2) is 0 Å². The van der Waals surface area contributed by atoms with Crippen LogP contribution in [0.4, 0.5) is 0 Å². The molecule has 4 heavy (non-hydrogen) atoms. The molecular weight excluding hydrogens is 546 g/mol. The number of rotatable bonds is 0. The number of hydrogen-bond acceptors (Lipinski definition) is 0. The van der Waals surface area contributed by atoms with Crippen LogP contribution >= 0.6 is 0 Å². The third-order valence-electron chi connectivity index (χ3n) is 0. The van der Waals surface area contributed by atoms with Crippen molar-refractivity contribution in [2.45, 2.75) is 0 Å². The molecule has 0 atom stereocenters. The maximum Gasteiger partial charge on any atom is 0 e. The van der Waals surface area contributed by atoms with Crippen LogP contribution in [0.25, 0.3) is 0 Å². The van der Waals surface area contributed by atoms with Crippen LogP contribution in [0.2, 0.25) is 0 Å². The Morgan fingerprint density at radius 1 is 1.00 bits per heavy atom. The first-order valence-corrected chi connectivity index (χ1v) is 0. The molecular formula is AuPdPtTi.